The summed E-state index contributed by atoms with van der Waals surface area (Å²) in [6, 6.07) is 10.1. The molecule has 0 unspecified atom stereocenters. The molecule has 1 aromatic heterocycles. The Morgan fingerprint density at radius 2 is 2.00 bits per heavy atom. The highest BCUT2D eigenvalue weighted by Crippen LogP contribution is 2.10. The SMILES string of the molecule is CN(C)c1nccc(NCc2cccc(CN)c2)n1. The molecular formula is C14H19N5. The van der Waals surface area contributed by atoms with Gasteiger partial charge in [0.1, 0.15) is 5.82 Å². The lowest BCUT2D eigenvalue weighted by Crippen LogP contribution is -2.13. The van der Waals surface area contributed by atoms with Gasteiger partial charge < -0.3 is 16.0 Å². The number of hydrogen-bond donors (Lipinski definition) is 2. The zero-order chi connectivity index (χ0) is 13.7. The number of nitrogens with one attached hydrogen (secondary N) is 1. The quantitative estimate of drug-likeness (QED) is 0.852. The van der Waals surface area contributed by atoms with Crippen molar-refractivity contribution in [1.82, 2.24) is 9.97 Å². The predicted molar refractivity (Wildman–Crippen MR) is 78.0 cm³/mol. The van der Waals surface area contributed by atoms with Gasteiger partial charge in [-0.3, -0.25) is 0 Å². The van der Waals surface area contributed by atoms with Gasteiger partial charge in [-0.05, 0) is 17.2 Å². The summed E-state index contributed by atoms with van der Waals surface area (Å²) in [5.41, 5.74) is 7.96. The van der Waals surface area contributed by atoms with Gasteiger partial charge >= 0.3 is 0 Å². The predicted octanol–water partition coefficient (Wildman–Crippen LogP) is 1.61. The Bertz CT molecular complexity index is 539. The van der Waals surface area contributed by atoms with E-state index >= 15 is 0 Å². The standard InChI is InChI=1S/C14H19N5/c1-19(2)14-16-7-6-13(18-14)17-10-12-5-3-4-11(8-12)9-15/h3-8H,9-10,15H2,1-2H3,(H,16,17,18). The zero-order valence-electron chi connectivity index (χ0n) is 11.3. The molecule has 0 aliphatic carbocycles. The molecule has 5 heteroatoms. The van der Waals surface area contributed by atoms with Crippen molar-refractivity contribution in [3.63, 3.8) is 0 Å². The van der Waals surface area contributed by atoms with Crippen LogP contribution in [-0.4, -0.2) is 24.1 Å². The van der Waals surface area contributed by atoms with Crippen LogP contribution in [-0.2, 0) is 13.1 Å². The average Bonchev–Trinajstić information content (AvgIpc) is 2.45. The van der Waals surface area contributed by atoms with Gasteiger partial charge in [0.05, 0.1) is 0 Å². The molecule has 1 aromatic carbocycles. The largest absolute Gasteiger partial charge is 0.366 e. The third-order valence-corrected chi connectivity index (χ3v) is 2.74. The van der Waals surface area contributed by atoms with Crippen LogP contribution in [0.1, 0.15) is 11.1 Å². The zero-order valence-corrected chi connectivity index (χ0v) is 11.3. The van der Waals surface area contributed by atoms with Crippen molar-refractivity contribution >= 4 is 11.8 Å². The van der Waals surface area contributed by atoms with E-state index in [0.717, 1.165) is 17.9 Å². The van der Waals surface area contributed by atoms with E-state index in [1.807, 2.05) is 37.2 Å². The van der Waals surface area contributed by atoms with E-state index in [1.54, 1.807) is 6.20 Å². The van der Waals surface area contributed by atoms with Crippen LogP contribution in [0, 0.1) is 0 Å². The number of anilines is 2. The minimum atomic E-state index is 0.562. The van der Waals surface area contributed by atoms with Gasteiger partial charge in [-0.1, -0.05) is 24.3 Å². The van der Waals surface area contributed by atoms with Crippen LogP contribution < -0.4 is 16.0 Å². The lowest BCUT2D eigenvalue weighted by Gasteiger charge is -2.12. The maximum atomic E-state index is 5.63. The van der Waals surface area contributed by atoms with E-state index in [4.69, 9.17) is 5.73 Å². The fraction of sp³-hybridized carbons (Fsp3) is 0.286. The monoisotopic (exact) mass is 257 g/mol. The third-order valence-electron chi connectivity index (χ3n) is 2.74. The normalized spacial score (nSPS) is 10.3. The van der Waals surface area contributed by atoms with Gasteiger partial charge in [0.15, 0.2) is 0 Å². The number of benzene rings is 1. The van der Waals surface area contributed by atoms with Crippen LogP contribution in [0.3, 0.4) is 0 Å². The summed E-state index contributed by atoms with van der Waals surface area (Å²) in [4.78, 5) is 10.5. The molecule has 0 saturated carbocycles. The molecule has 2 aromatic rings. The van der Waals surface area contributed by atoms with Crippen LogP contribution >= 0.6 is 0 Å². The Kier molecular flexibility index (Phi) is 4.30. The van der Waals surface area contributed by atoms with Crippen molar-refractivity contribution in [1.29, 1.82) is 0 Å². The summed E-state index contributed by atoms with van der Waals surface area (Å²) < 4.78 is 0. The molecule has 2 rings (SSSR count). The van der Waals surface area contributed by atoms with E-state index in [0.29, 0.717) is 12.5 Å². The van der Waals surface area contributed by atoms with Crippen LogP contribution in [0.15, 0.2) is 36.5 Å². The van der Waals surface area contributed by atoms with Crippen LogP contribution in [0.4, 0.5) is 11.8 Å². The number of hydrogen-bond acceptors (Lipinski definition) is 5. The van der Waals surface area contributed by atoms with Gasteiger partial charge in [-0.25, -0.2) is 4.98 Å². The Morgan fingerprint density at radius 1 is 1.21 bits per heavy atom. The van der Waals surface area contributed by atoms with E-state index in [1.165, 1.54) is 5.56 Å². The fourth-order valence-corrected chi connectivity index (χ4v) is 1.72. The topological polar surface area (TPSA) is 67.1 Å². The molecule has 3 N–H and O–H groups in total. The first-order valence-electron chi connectivity index (χ1n) is 6.21. The molecule has 0 spiro atoms. The molecule has 0 fully saturated rings. The summed E-state index contributed by atoms with van der Waals surface area (Å²) in [5, 5.41) is 3.29. The second-order valence-corrected chi connectivity index (χ2v) is 4.51. The number of nitrogens with two attached hydrogens (primary N) is 1. The van der Waals surface area contributed by atoms with Gasteiger partial charge in [0.2, 0.25) is 5.95 Å². The van der Waals surface area contributed by atoms with Gasteiger partial charge in [-0.15, -0.1) is 0 Å². The number of nitrogens with zero attached hydrogens (tertiary/aromatic N) is 3. The molecule has 0 bridgehead atoms. The molecule has 100 valence electrons. The summed E-state index contributed by atoms with van der Waals surface area (Å²) in [5.74, 6) is 1.51. The van der Waals surface area contributed by atoms with Crippen molar-refractivity contribution in [2.75, 3.05) is 24.3 Å². The van der Waals surface area contributed by atoms with Gasteiger partial charge in [0.25, 0.3) is 0 Å². The second-order valence-electron chi connectivity index (χ2n) is 4.51. The molecule has 0 atom stereocenters. The maximum absolute atomic E-state index is 5.63. The summed E-state index contributed by atoms with van der Waals surface area (Å²) in [6.45, 7) is 1.28. The molecule has 0 amide bonds. The third kappa shape index (κ3) is 3.66. The van der Waals surface area contributed by atoms with E-state index in [9.17, 15) is 0 Å². The molecule has 0 saturated heterocycles. The lowest BCUT2D eigenvalue weighted by molar-refractivity contribution is 0.985. The summed E-state index contributed by atoms with van der Waals surface area (Å²) in [6.07, 6.45) is 1.75. The highest BCUT2D eigenvalue weighted by atomic mass is 15.2. The highest BCUT2D eigenvalue weighted by Gasteiger charge is 2.01. The number of rotatable bonds is 5. The highest BCUT2D eigenvalue weighted by molar-refractivity contribution is 5.41. The first-order chi connectivity index (χ1) is 9.19. The molecule has 1 heterocycles. The van der Waals surface area contributed by atoms with Crippen molar-refractivity contribution in [3.8, 4) is 0 Å². The molecule has 5 nitrogen and oxygen atoms in total. The first-order valence-corrected chi connectivity index (χ1v) is 6.21. The molecule has 0 radical (unpaired) electrons. The van der Waals surface area contributed by atoms with Crippen molar-refractivity contribution in [2.24, 2.45) is 5.73 Å². The first kappa shape index (κ1) is 13.3. The van der Waals surface area contributed by atoms with Crippen LogP contribution in [0.2, 0.25) is 0 Å². The Hall–Kier alpha value is -2.14. The summed E-state index contributed by atoms with van der Waals surface area (Å²) in [7, 11) is 3.84. The molecule has 0 aliphatic heterocycles. The average molecular weight is 257 g/mol. The lowest BCUT2D eigenvalue weighted by atomic mass is 10.1. The maximum Gasteiger partial charge on any atom is 0.226 e. The Balaban J connectivity index is 2.03. The Labute approximate surface area is 113 Å². The molecular weight excluding hydrogens is 238 g/mol. The minimum absolute atomic E-state index is 0.562. The van der Waals surface area contributed by atoms with E-state index in [-0.39, 0.29) is 0 Å². The smallest absolute Gasteiger partial charge is 0.226 e. The van der Waals surface area contributed by atoms with Gasteiger partial charge in [0, 0.05) is 33.4 Å². The van der Waals surface area contributed by atoms with E-state index < -0.39 is 0 Å². The molecule has 19 heavy (non-hydrogen) atoms. The Morgan fingerprint density at radius 3 is 2.74 bits per heavy atom. The minimum Gasteiger partial charge on any atom is -0.366 e. The second kappa shape index (κ2) is 6.15. The van der Waals surface area contributed by atoms with Crippen molar-refractivity contribution < 1.29 is 0 Å². The van der Waals surface area contributed by atoms with Crippen LogP contribution in [0.5, 0.6) is 0 Å². The van der Waals surface area contributed by atoms with Crippen molar-refractivity contribution in [3.05, 3.63) is 47.7 Å². The number of aromatic nitrogens is 2. The summed E-state index contributed by atoms with van der Waals surface area (Å²) >= 11 is 0. The van der Waals surface area contributed by atoms with Crippen molar-refractivity contribution in [2.45, 2.75) is 13.1 Å². The fourth-order valence-electron chi connectivity index (χ4n) is 1.72. The molecule has 0 aliphatic rings. The van der Waals surface area contributed by atoms with E-state index in [2.05, 4.69) is 27.4 Å². The van der Waals surface area contributed by atoms with Crippen LogP contribution in [0.25, 0.3) is 0 Å². The van der Waals surface area contributed by atoms with Gasteiger partial charge in [-0.2, -0.15) is 4.98 Å².